The number of nitrogens with two attached hydrogens (primary N) is 1. The van der Waals surface area contributed by atoms with Gasteiger partial charge in [0.05, 0.1) is 7.11 Å². The molecule has 0 atom stereocenters. The van der Waals surface area contributed by atoms with Crippen molar-refractivity contribution in [2.24, 2.45) is 5.73 Å². The van der Waals surface area contributed by atoms with E-state index in [1.807, 2.05) is 0 Å². The molecule has 5 heteroatoms. The Morgan fingerprint density at radius 2 is 2.33 bits per heavy atom. The van der Waals surface area contributed by atoms with Gasteiger partial charge in [-0.3, -0.25) is 0 Å². The number of hydrogen-bond donors (Lipinski definition) is 2. The van der Waals surface area contributed by atoms with Gasteiger partial charge in [-0.05, 0) is 6.92 Å². The lowest BCUT2D eigenvalue weighted by Gasteiger charge is -2.04. The van der Waals surface area contributed by atoms with E-state index >= 15 is 0 Å². The maximum atomic E-state index is 10.8. The van der Waals surface area contributed by atoms with E-state index in [4.69, 9.17) is 11.0 Å². The van der Waals surface area contributed by atoms with E-state index in [1.165, 1.54) is 7.11 Å². The van der Waals surface area contributed by atoms with Gasteiger partial charge in [-0.1, -0.05) is 0 Å². The maximum absolute atomic E-state index is 10.8. The summed E-state index contributed by atoms with van der Waals surface area (Å²) in [6.45, 7) is 2.35. The topological polar surface area (TPSA) is 88.1 Å². The first-order valence-corrected chi connectivity index (χ1v) is 3.39. The van der Waals surface area contributed by atoms with Gasteiger partial charge in [-0.25, -0.2) is 4.79 Å². The van der Waals surface area contributed by atoms with Gasteiger partial charge in [0, 0.05) is 6.54 Å². The zero-order chi connectivity index (χ0) is 9.56. The lowest BCUT2D eigenvalue weighted by atomic mass is 10.3. The highest BCUT2D eigenvalue weighted by Gasteiger charge is 2.12. The lowest BCUT2D eigenvalue weighted by molar-refractivity contribution is -0.135. The van der Waals surface area contributed by atoms with E-state index < -0.39 is 5.97 Å². The summed E-state index contributed by atoms with van der Waals surface area (Å²) in [5, 5.41) is 11.1. The Hall–Kier alpha value is -1.70. The number of nitriles is 1. The summed E-state index contributed by atoms with van der Waals surface area (Å²) in [5.41, 5.74) is 5.17. The van der Waals surface area contributed by atoms with E-state index in [-0.39, 0.29) is 11.4 Å². The molecule has 5 nitrogen and oxygen atoms in total. The van der Waals surface area contributed by atoms with E-state index in [0.717, 1.165) is 0 Å². The molecule has 0 aromatic carbocycles. The van der Waals surface area contributed by atoms with E-state index in [0.29, 0.717) is 6.54 Å². The number of nitrogens with zero attached hydrogens (tertiary/aromatic N) is 1. The fraction of sp³-hybridized carbons (Fsp3) is 0.429. The minimum atomic E-state index is -0.726. The number of rotatable bonds is 3. The second kappa shape index (κ2) is 5.02. The van der Waals surface area contributed by atoms with Crippen molar-refractivity contribution < 1.29 is 9.53 Å². The Bertz CT molecular complexity index is 240. The summed E-state index contributed by atoms with van der Waals surface area (Å²) in [4.78, 5) is 10.8. The highest BCUT2D eigenvalue weighted by Crippen LogP contribution is 1.96. The monoisotopic (exact) mass is 169 g/mol. The molecule has 0 aromatic heterocycles. The van der Waals surface area contributed by atoms with Gasteiger partial charge in [0.15, 0.2) is 5.57 Å². The minimum Gasteiger partial charge on any atom is -0.465 e. The number of methoxy groups -OCH3 is 1. The van der Waals surface area contributed by atoms with Crippen LogP contribution in [-0.4, -0.2) is 19.6 Å². The molecular formula is C7H11N3O2. The fourth-order valence-electron chi connectivity index (χ4n) is 0.597. The van der Waals surface area contributed by atoms with Crippen molar-refractivity contribution in [3.05, 3.63) is 11.4 Å². The number of carbonyl (C=O) groups is 1. The molecule has 0 aromatic rings. The third-order valence-corrected chi connectivity index (χ3v) is 1.14. The van der Waals surface area contributed by atoms with Crippen molar-refractivity contribution in [2.45, 2.75) is 6.92 Å². The van der Waals surface area contributed by atoms with Gasteiger partial charge in [0.25, 0.3) is 0 Å². The molecule has 0 aliphatic heterocycles. The lowest BCUT2D eigenvalue weighted by Crippen LogP contribution is -2.24. The molecule has 0 spiro atoms. The van der Waals surface area contributed by atoms with Gasteiger partial charge in [0.2, 0.25) is 0 Å². The van der Waals surface area contributed by atoms with Crippen LogP contribution in [0.25, 0.3) is 0 Å². The van der Waals surface area contributed by atoms with Crippen molar-refractivity contribution in [1.29, 1.82) is 5.26 Å². The summed E-state index contributed by atoms with van der Waals surface area (Å²) >= 11 is 0. The number of hydrogen-bond acceptors (Lipinski definition) is 5. The molecule has 0 amide bonds. The largest absolute Gasteiger partial charge is 0.465 e. The third-order valence-electron chi connectivity index (χ3n) is 1.14. The summed E-state index contributed by atoms with van der Waals surface area (Å²) in [7, 11) is 1.19. The van der Waals surface area contributed by atoms with Gasteiger partial charge in [0.1, 0.15) is 11.9 Å². The van der Waals surface area contributed by atoms with Crippen molar-refractivity contribution in [1.82, 2.24) is 5.32 Å². The van der Waals surface area contributed by atoms with Crippen LogP contribution in [0.1, 0.15) is 6.92 Å². The molecule has 0 heterocycles. The van der Waals surface area contributed by atoms with Crippen molar-refractivity contribution in [3.63, 3.8) is 0 Å². The van der Waals surface area contributed by atoms with Crippen LogP contribution < -0.4 is 11.1 Å². The fourth-order valence-corrected chi connectivity index (χ4v) is 0.597. The van der Waals surface area contributed by atoms with Crippen molar-refractivity contribution in [3.8, 4) is 6.07 Å². The molecular weight excluding hydrogens is 158 g/mol. The quantitative estimate of drug-likeness (QED) is 0.336. The van der Waals surface area contributed by atoms with Crippen molar-refractivity contribution in [2.75, 3.05) is 13.7 Å². The highest BCUT2D eigenvalue weighted by molar-refractivity contribution is 5.93. The molecule has 0 saturated carbocycles. The average Bonchev–Trinajstić information content (AvgIpc) is 2.06. The molecule has 3 N–H and O–H groups in total. The first-order chi connectivity index (χ1) is 5.67. The van der Waals surface area contributed by atoms with Crippen LogP contribution in [0.4, 0.5) is 0 Å². The van der Waals surface area contributed by atoms with Crippen LogP contribution in [0.15, 0.2) is 11.4 Å². The second-order valence-electron chi connectivity index (χ2n) is 1.92. The SMILES string of the molecule is CCN/C(N)=C(\C#N)C(=O)OC. The molecule has 0 aliphatic carbocycles. The summed E-state index contributed by atoms with van der Waals surface area (Å²) in [5.74, 6) is -0.678. The predicted octanol–water partition coefficient (Wildman–Crippen LogP) is -0.537. The number of carbonyl (C=O) groups excluding carboxylic acids is 1. The normalized spacial score (nSPS) is 11.1. The zero-order valence-electron chi connectivity index (χ0n) is 7.05. The van der Waals surface area contributed by atoms with Crippen molar-refractivity contribution >= 4 is 5.97 Å². The van der Waals surface area contributed by atoms with Gasteiger partial charge in [-0.15, -0.1) is 0 Å². The average molecular weight is 169 g/mol. The van der Waals surface area contributed by atoms with Crippen LogP contribution in [0.3, 0.4) is 0 Å². The van der Waals surface area contributed by atoms with Crippen LogP contribution in [0.2, 0.25) is 0 Å². The van der Waals surface area contributed by atoms with Gasteiger partial charge >= 0.3 is 5.97 Å². The molecule has 12 heavy (non-hydrogen) atoms. The van der Waals surface area contributed by atoms with Crippen LogP contribution in [-0.2, 0) is 9.53 Å². The molecule has 0 fully saturated rings. The molecule has 0 aliphatic rings. The Labute approximate surface area is 70.8 Å². The Kier molecular flexibility index (Phi) is 4.31. The van der Waals surface area contributed by atoms with Gasteiger partial charge in [-0.2, -0.15) is 5.26 Å². The highest BCUT2D eigenvalue weighted by atomic mass is 16.5. The van der Waals surface area contributed by atoms with E-state index in [1.54, 1.807) is 13.0 Å². The first kappa shape index (κ1) is 10.3. The van der Waals surface area contributed by atoms with Crippen LogP contribution in [0, 0.1) is 11.3 Å². The number of esters is 1. The summed E-state index contributed by atoms with van der Waals surface area (Å²) in [6.07, 6.45) is 0. The molecule has 0 unspecified atom stereocenters. The Morgan fingerprint density at radius 1 is 1.75 bits per heavy atom. The zero-order valence-corrected chi connectivity index (χ0v) is 7.05. The summed E-state index contributed by atoms with van der Waals surface area (Å²) in [6, 6.07) is 1.65. The number of ether oxygens (including phenoxy) is 1. The molecule has 0 rings (SSSR count). The third kappa shape index (κ3) is 2.50. The Balaban J connectivity index is 4.64. The van der Waals surface area contributed by atoms with E-state index in [2.05, 4.69) is 10.1 Å². The molecule has 0 radical (unpaired) electrons. The van der Waals surface area contributed by atoms with Gasteiger partial charge < -0.3 is 15.8 Å². The standard InChI is InChI=1S/C7H11N3O2/c1-3-10-6(9)5(4-8)7(11)12-2/h10H,3,9H2,1-2H3/b6-5+. The molecule has 0 bridgehead atoms. The molecule has 66 valence electrons. The second-order valence-corrected chi connectivity index (χ2v) is 1.92. The van der Waals surface area contributed by atoms with Crippen LogP contribution in [0.5, 0.6) is 0 Å². The van der Waals surface area contributed by atoms with E-state index in [9.17, 15) is 4.79 Å². The molecule has 0 saturated heterocycles. The maximum Gasteiger partial charge on any atom is 0.352 e. The predicted molar refractivity (Wildman–Crippen MR) is 42.5 cm³/mol. The van der Waals surface area contributed by atoms with Crippen LogP contribution >= 0.6 is 0 Å². The smallest absolute Gasteiger partial charge is 0.352 e. The number of nitrogens with one attached hydrogen (secondary N) is 1. The first-order valence-electron chi connectivity index (χ1n) is 3.39. The Morgan fingerprint density at radius 3 is 2.67 bits per heavy atom. The summed E-state index contributed by atoms with van der Waals surface area (Å²) < 4.78 is 4.33. The minimum absolute atomic E-state index is 0.0480.